The van der Waals surface area contributed by atoms with Crippen molar-refractivity contribution in [1.29, 1.82) is 5.26 Å². The van der Waals surface area contributed by atoms with E-state index in [4.69, 9.17) is 9.37 Å². The SMILES string of the molecule is [3H]C([3H])([3H])S/C(C)=N/C(SC)=C(\C#N)C(=O)OC. The monoisotopic (exact) mass is 250 g/mol. The lowest BCUT2D eigenvalue weighted by atomic mass is 10.3. The molecule has 0 atom stereocenters. The van der Waals surface area contributed by atoms with Crippen LogP contribution in [0, 0.1) is 11.3 Å². The van der Waals surface area contributed by atoms with Crippen molar-refractivity contribution in [2.24, 2.45) is 4.99 Å². The summed E-state index contributed by atoms with van der Waals surface area (Å²) >= 11 is 1.66. The molecular weight excluding hydrogens is 232 g/mol. The average Bonchev–Trinajstić information content (AvgIpc) is 2.25. The van der Waals surface area contributed by atoms with Crippen molar-refractivity contribution in [3.05, 3.63) is 10.6 Å². The Kier molecular flexibility index (Phi) is 4.57. The van der Waals surface area contributed by atoms with E-state index in [-0.39, 0.29) is 15.6 Å². The van der Waals surface area contributed by atoms with Crippen LogP contribution in [0.25, 0.3) is 0 Å². The molecule has 0 spiro atoms. The van der Waals surface area contributed by atoms with Crippen molar-refractivity contribution in [2.75, 3.05) is 19.5 Å². The van der Waals surface area contributed by atoms with Crippen LogP contribution in [0.2, 0.25) is 0 Å². The molecular formula is C9H12N2O2S2. The molecule has 0 bridgehead atoms. The van der Waals surface area contributed by atoms with Crippen molar-refractivity contribution in [1.82, 2.24) is 0 Å². The van der Waals surface area contributed by atoms with Gasteiger partial charge in [-0.2, -0.15) is 5.26 Å². The van der Waals surface area contributed by atoms with E-state index in [1.165, 1.54) is 6.92 Å². The number of esters is 1. The van der Waals surface area contributed by atoms with Gasteiger partial charge < -0.3 is 4.74 Å². The van der Waals surface area contributed by atoms with E-state index in [9.17, 15) is 4.79 Å². The van der Waals surface area contributed by atoms with Crippen molar-refractivity contribution >= 4 is 34.5 Å². The summed E-state index contributed by atoms with van der Waals surface area (Å²) in [6, 6.07) is 1.70. The van der Waals surface area contributed by atoms with Gasteiger partial charge >= 0.3 is 5.97 Å². The predicted molar refractivity (Wildman–Crippen MR) is 64.8 cm³/mol. The zero-order chi connectivity index (χ0) is 14.3. The number of aliphatic imine (C=N–C) groups is 1. The predicted octanol–water partition coefficient (Wildman–Crippen LogP) is 2.04. The minimum Gasteiger partial charge on any atom is -0.465 e. The molecule has 0 aromatic carbocycles. The van der Waals surface area contributed by atoms with E-state index >= 15 is 0 Å². The maximum Gasteiger partial charge on any atom is 0.351 e. The van der Waals surface area contributed by atoms with Crippen molar-refractivity contribution in [3.63, 3.8) is 0 Å². The highest BCUT2D eigenvalue weighted by Crippen LogP contribution is 2.20. The summed E-state index contributed by atoms with van der Waals surface area (Å²) in [4.78, 5) is 15.3. The van der Waals surface area contributed by atoms with Crippen LogP contribution < -0.4 is 0 Å². The molecule has 0 aliphatic heterocycles. The van der Waals surface area contributed by atoms with Crippen LogP contribution in [0.3, 0.4) is 0 Å². The lowest BCUT2D eigenvalue weighted by Crippen LogP contribution is -2.05. The first-order valence-electron chi connectivity index (χ1n) is 5.26. The number of thioether (sulfide) groups is 2. The first-order chi connectivity index (χ1) is 8.25. The van der Waals surface area contributed by atoms with Crippen LogP contribution in [-0.4, -0.2) is 30.6 Å². The van der Waals surface area contributed by atoms with Gasteiger partial charge in [0, 0.05) is 4.11 Å². The molecule has 0 aliphatic rings. The van der Waals surface area contributed by atoms with Gasteiger partial charge in [0.15, 0.2) is 5.57 Å². The number of methoxy groups -OCH3 is 1. The molecule has 0 N–H and O–H groups in total. The third kappa shape index (κ3) is 4.40. The highest BCUT2D eigenvalue weighted by molar-refractivity contribution is 8.13. The van der Waals surface area contributed by atoms with Crippen LogP contribution in [0.5, 0.6) is 0 Å². The molecule has 6 heteroatoms. The normalized spacial score (nSPS) is 16.7. The molecule has 0 rings (SSSR count). The average molecular weight is 250 g/mol. The number of hydrogen-bond acceptors (Lipinski definition) is 6. The van der Waals surface area contributed by atoms with E-state index in [0.717, 1.165) is 18.9 Å². The van der Waals surface area contributed by atoms with Crippen LogP contribution in [0.4, 0.5) is 0 Å². The minimum atomic E-state index is -2.21. The number of ether oxygens (including phenoxy) is 1. The van der Waals surface area contributed by atoms with Gasteiger partial charge in [-0.15, -0.1) is 23.5 Å². The zero-order valence-electron chi connectivity index (χ0n) is 11.5. The molecule has 0 unspecified atom stereocenters. The van der Waals surface area contributed by atoms with Crippen molar-refractivity contribution in [2.45, 2.75) is 6.92 Å². The molecule has 0 fully saturated rings. The third-order valence-electron chi connectivity index (χ3n) is 1.32. The van der Waals surface area contributed by atoms with Crippen LogP contribution in [-0.2, 0) is 9.53 Å². The molecule has 82 valence electrons. The quantitative estimate of drug-likeness (QED) is 0.252. The second-order valence-corrected chi connectivity index (χ2v) is 3.81. The molecule has 0 radical (unpaired) electrons. The van der Waals surface area contributed by atoms with E-state index in [1.54, 1.807) is 12.3 Å². The molecule has 0 aromatic heterocycles. The second-order valence-electron chi connectivity index (χ2n) is 2.22. The zero-order valence-corrected chi connectivity index (χ0v) is 10.2. The summed E-state index contributed by atoms with van der Waals surface area (Å²) in [5, 5.41) is 9.25. The number of carbonyl (C=O) groups excluding carboxylic acids is 1. The van der Waals surface area contributed by atoms with E-state index in [0.29, 0.717) is 11.8 Å². The largest absolute Gasteiger partial charge is 0.465 e. The van der Waals surface area contributed by atoms with Gasteiger partial charge in [-0.1, -0.05) is 0 Å². The Morgan fingerprint density at radius 1 is 1.60 bits per heavy atom. The second kappa shape index (κ2) is 7.37. The molecule has 0 saturated carbocycles. The van der Waals surface area contributed by atoms with E-state index in [2.05, 4.69) is 9.73 Å². The Morgan fingerprint density at radius 3 is 2.67 bits per heavy atom. The fraction of sp³-hybridized carbons (Fsp3) is 0.444. The summed E-state index contributed by atoms with van der Waals surface area (Å²) in [6.07, 6.45) is -0.582. The van der Waals surface area contributed by atoms with Gasteiger partial charge in [0.25, 0.3) is 0 Å². The van der Waals surface area contributed by atoms with Gasteiger partial charge in [-0.25, -0.2) is 9.79 Å². The Morgan fingerprint density at radius 2 is 2.27 bits per heavy atom. The molecule has 0 heterocycles. The fourth-order valence-electron chi connectivity index (χ4n) is 0.652. The third-order valence-corrected chi connectivity index (χ3v) is 2.38. The van der Waals surface area contributed by atoms with Gasteiger partial charge in [-0.3, -0.25) is 0 Å². The molecule has 4 nitrogen and oxygen atoms in total. The molecule has 0 aliphatic carbocycles. The number of rotatable bonds is 3. The molecule has 0 aromatic rings. The molecule has 0 saturated heterocycles. The van der Waals surface area contributed by atoms with Crippen LogP contribution >= 0.6 is 23.5 Å². The summed E-state index contributed by atoms with van der Waals surface area (Å²) in [5.41, 5.74) is -0.240. The molecule has 15 heavy (non-hydrogen) atoms. The van der Waals surface area contributed by atoms with Gasteiger partial charge in [-0.05, 0) is 19.4 Å². The summed E-state index contributed by atoms with van der Waals surface area (Å²) in [6.45, 7) is 1.50. The van der Waals surface area contributed by atoms with Gasteiger partial charge in [0.2, 0.25) is 0 Å². The van der Waals surface area contributed by atoms with E-state index < -0.39 is 12.2 Å². The van der Waals surface area contributed by atoms with Crippen LogP contribution in [0.1, 0.15) is 11.0 Å². The minimum absolute atomic E-state index is 0.138. The number of carbonyl (C=O) groups is 1. The Bertz CT molecular complexity index is 425. The lowest BCUT2D eigenvalue weighted by molar-refractivity contribution is -0.135. The lowest BCUT2D eigenvalue weighted by Gasteiger charge is -2.02. The maximum atomic E-state index is 11.3. The summed E-state index contributed by atoms with van der Waals surface area (Å²) < 4.78 is 25.7. The Labute approximate surface area is 102 Å². The Balaban J connectivity index is 5.33. The Hall–Kier alpha value is -0.930. The highest BCUT2D eigenvalue weighted by atomic mass is 32.2. The van der Waals surface area contributed by atoms with E-state index in [1.807, 2.05) is 0 Å². The van der Waals surface area contributed by atoms with Crippen molar-refractivity contribution < 1.29 is 13.6 Å². The number of nitriles is 1. The highest BCUT2D eigenvalue weighted by Gasteiger charge is 2.15. The maximum absolute atomic E-state index is 11.3. The topological polar surface area (TPSA) is 62.5 Å². The summed E-state index contributed by atoms with van der Waals surface area (Å²) in [5.74, 6) is -0.794. The van der Waals surface area contributed by atoms with Crippen molar-refractivity contribution in [3.8, 4) is 6.07 Å². The smallest absolute Gasteiger partial charge is 0.351 e. The van der Waals surface area contributed by atoms with Gasteiger partial charge in [0.1, 0.15) is 11.1 Å². The summed E-state index contributed by atoms with van der Waals surface area (Å²) in [7, 11) is 1.16. The molecule has 0 amide bonds. The van der Waals surface area contributed by atoms with Crippen LogP contribution in [0.15, 0.2) is 15.6 Å². The fourth-order valence-corrected chi connectivity index (χ4v) is 1.41. The number of hydrogen-bond donors (Lipinski definition) is 0. The number of nitrogens with zero attached hydrogens (tertiary/aromatic N) is 2. The first kappa shape index (κ1) is 9.31. The first-order valence-corrected chi connectivity index (χ1v) is 5.80. The standard InChI is InChI=1S/C9H12N2O2S2/c1-6(14-3)11-8(15-4)7(5-10)9(12)13-2/h1-4H3/b8-7-,11-6+/i3T3. The van der Waals surface area contributed by atoms with Gasteiger partial charge in [0.05, 0.1) is 12.2 Å².